The molecule has 0 heterocycles. The van der Waals surface area contributed by atoms with Gasteiger partial charge in [0.25, 0.3) is 0 Å². The number of hydrogen-bond acceptors (Lipinski definition) is 2. The first-order valence-electron chi connectivity index (χ1n) is 2.76. The monoisotopic (exact) mass is 112 g/mol. The van der Waals surface area contributed by atoms with Gasteiger partial charge in [-0.3, -0.25) is 0 Å². The van der Waals surface area contributed by atoms with Gasteiger partial charge < -0.3 is 11.1 Å². The lowest BCUT2D eigenvalue weighted by molar-refractivity contribution is 0.702. The largest absolute Gasteiger partial charge is 0.329 e. The van der Waals surface area contributed by atoms with Crippen LogP contribution in [0.3, 0.4) is 0 Å². The molecule has 0 unspecified atom stereocenters. The highest BCUT2D eigenvalue weighted by atomic mass is 14.9. The van der Waals surface area contributed by atoms with Crippen molar-refractivity contribution in [1.29, 1.82) is 0 Å². The average Bonchev–Trinajstić information content (AvgIpc) is 1.81. The maximum Gasteiger partial charge on any atom is 0.0211 e. The van der Waals surface area contributed by atoms with Gasteiger partial charge in [-0.2, -0.15) is 0 Å². The molecule has 8 heavy (non-hydrogen) atoms. The van der Waals surface area contributed by atoms with Crippen LogP contribution in [0, 0.1) is 12.3 Å². The van der Waals surface area contributed by atoms with E-state index >= 15 is 0 Å². The van der Waals surface area contributed by atoms with E-state index in [1.165, 1.54) is 0 Å². The SMILES string of the molecule is C#CCCNCCN. The second kappa shape index (κ2) is 6.48. The zero-order valence-electron chi connectivity index (χ0n) is 4.98. The Morgan fingerprint density at radius 3 is 2.75 bits per heavy atom. The zero-order chi connectivity index (χ0) is 6.24. The summed E-state index contributed by atoms with van der Waals surface area (Å²) in [6, 6.07) is 0. The second-order valence-electron chi connectivity index (χ2n) is 1.49. The average molecular weight is 112 g/mol. The van der Waals surface area contributed by atoms with Gasteiger partial charge in [0.15, 0.2) is 0 Å². The minimum absolute atomic E-state index is 0.685. The molecule has 0 fully saturated rings. The van der Waals surface area contributed by atoms with E-state index in [4.69, 9.17) is 12.2 Å². The quantitative estimate of drug-likeness (QED) is 0.382. The van der Waals surface area contributed by atoms with E-state index in [1.54, 1.807) is 0 Å². The molecule has 0 rings (SSSR count). The Labute approximate surface area is 50.5 Å². The third-order valence-corrected chi connectivity index (χ3v) is 0.767. The predicted octanol–water partition coefficient (Wildman–Crippen LogP) is -0.442. The van der Waals surface area contributed by atoms with Gasteiger partial charge in [0.2, 0.25) is 0 Å². The van der Waals surface area contributed by atoms with E-state index in [0.29, 0.717) is 6.54 Å². The minimum Gasteiger partial charge on any atom is -0.329 e. The standard InChI is InChI=1S/C6H12N2/c1-2-3-5-8-6-4-7/h1,8H,3-7H2. The van der Waals surface area contributed by atoms with Crippen molar-refractivity contribution < 1.29 is 0 Å². The molecule has 0 aromatic rings. The van der Waals surface area contributed by atoms with Crippen molar-refractivity contribution in [1.82, 2.24) is 5.32 Å². The molecular weight excluding hydrogens is 100 g/mol. The van der Waals surface area contributed by atoms with E-state index in [-0.39, 0.29) is 0 Å². The summed E-state index contributed by atoms with van der Waals surface area (Å²) in [5, 5.41) is 3.07. The van der Waals surface area contributed by atoms with E-state index in [0.717, 1.165) is 19.5 Å². The first kappa shape index (κ1) is 7.48. The lowest BCUT2D eigenvalue weighted by Crippen LogP contribution is -2.22. The topological polar surface area (TPSA) is 38.0 Å². The second-order valence-corrected chi connectivity index (χ2v) is 1.49. The Morgan fingerprint density at radius 2 is 2.25 bits per heavy atom. The molecule has 0 saturated carbocycles. The molecule has 46 valence electrons. The first-order chi connectivity index (χ1) is 3.91. The van der Waals surface area contributed by atoms with Crippen LogP contribution in [0.25, 0.3) is 0 Å². The van der Waals surface area contributed by atoms with Crippen LogP contribution >= 0.6 is 0 Å². The van der Waals surface area contributed by atoms with Gasteiger partial charge in [-0.1, -0.05) is 0 Å². The molecule has 0 aliphatic rings. The fraction of sp³-hybridized carbons (Fsp3) is 0.667. The summed E-state index contributed by atoms with van der Waals surface area (Å²) in [4.78, 5) is 0. The van der Waals surface area contributed by atoms with Crippen LogP contribution in [-0.4, -0.2) is 19.6 Å². The first-order valence-corrected chi connectivity index (χ1v) is 2.76. The molecule has 0 aliphatic carbocycles. The van der Waals surface area contributed by atoms with Crippen molar-refractivity contribution >= 4 is 0 Å². The van der Waals surface area contributed by atoms with Crippen LogP contribution < -0.4 is 11.1 Å². The van der Waals surface area contributed by atoms with Crippen molar-refractivity contribution in [3.8, 4) is 12.3 Å². The number of terminal acetylenes is 1. The highest BCUT2D eigenvalue weighted by molar-refractivity contribution is 4.83. The Hall–Kier alpha value is -0.520. The van der Waals surface area contributed by atoms with Crippen molar-refractivity contribution in [2.24, 2.45) is 5.73 Å². The van der Waals surface area contributed by atoms with E-state index in [2.05, 4.69) is 11.2 Å². The zero-order valence-corrected chi connectivity index (χ0v) is 4.98. The third-order valence-electron chi connectivity index (χ3n) is 0.767. The molecule has 2 heteroatoms. The van der Waals surface area contributed by atoms with Gasteiger partial charge in [0, 0.05) is 26.1 Å². The molecular formula is C6H12N2. The number of rotatable bonds is 4. The van der Waals surface area contributed by atoms with Crippen LogP contribution in [-0.2, 0) is 0 Å². The van der Waals surface area contributed by atoms with Crippen molar-refractivity contribution in [3.63, 3.8) is 0 Å². The van der Waals surface area contributed by atoms with Crippen molar-refractivity contribution in [2.75, 3.05) is 19.6 Å². The number of nitrogens with one attached hydrogen (secondary N) is 1. The van der Waals surface area contributed by atoms with Gasteiger partial charge in [-0.15, -0.1) is 12.3 Å². The summed E-state index contributed by atoms with van der Waals surface area (Å²) in [6.07, 6.45) is 5.78. The number of hydrogen-bond donors (Lipinski definition) is 2. The van der Waals surface area contributed by atoms with Crippen LogP contribution in [0.1, 0.15) is 6.42 Å². The molecule has 0 bridgehead atoms. The van der Waals surface area contributed by atoms with Crippen molar-refractivity contribution in [3.05, 3.63) is 0 Å². The summed E-state index contributed by atoms with van der Waals surface area (Å²) in [6.45, 7) is 2.43. The molecule has 0 saturated heterocycles. The molecule has 3 N–H and O–H groups in total. The fourth-order valence-corrected chi connectivity index (χ4v) is 0.388. The predicted molar refractivity (Wildman–Crippen MR) is 35.4 cm³/mol. The Balaban J connectivity index is 2.65. The molecule has 0 spiro atoms. The van der Waals surface area contributed by atoms with Crippen LogP contribution in [0.2, 0.25) is 0 Å². The molecule has 0 aromatic heterocycles. The highest BCUT2D eigenvalue weighted by Gasteiger charge is 1.78. The highest BCUT2D eigenvalue weighted by Crippen LogP contribution is 1.66. The third kappa shape index (κ3) is 5.48. The van der Waals surface area contributed by atoms with Gasteiger partial charge in [0.05, 0.1) is 0 Å². The van der Waals surface area contributed by atoms with Crippen LogP contribution in [0.5, 0.6) is 0 Å². The lowest BCUT2D eigenvalue weighted by atomic mass is 10.4. The van der Waals surface area contributed by atoms with E-state index in [9.17, 15) is 0 Å². The van der Waals surface area contributed by atoms with Gasteiger partial charge in [-0.25, -0.2) is 0 Å². The van der Waals surface area contributed by atoms with Gasteiger partial charge in [-0.05, 0) is 0 Å². The molecule has 0 amide bonds. The van der Waals surface area contributed by atoms with Crippen LogP contribution in [0.15, 0.2) is 0 Å². The molecule has 0 atom stereocenters. The maximum absolute atomic E-state index is 5.20. The Morgan fingerprint density at radius 1 is 1.50 bits per heavy atom. The maximum atomic E-state index is 5.20. The van der Waals surface area contributed by atoms with Crippen molar-refractivity contribution in [2.45, 2.75) is 6.42 Å². The van der Waals surface area contributed by atoms with Crippen LogP contribution in [0.4, 0.5) is 0 Å². The molecule has 0 aliphatic heterocycles. The summed E-state index contributed by atoms with van der Waals surface area (Å²) in [5.74, 6) is 2.52. The minimum atomic E-state index is 0.685. The van der Waals surface area contributed by atoms with Gasteiger partial charge >= 0.3 is 0 Å². The summed E-state index contributed by atoms with van der Waals surface area (Å²) in [7, 11) is 0. The molecule has 0 aromatic carbocycles. The summed E-state index contributed by atoms with van der Waals surface area (Å²) in [5.41, 5.74) is 5.20. The fourth-order valence-electron chi connectivity index (χ4n) is 0.388. The van der Waals surface area contributed by atoms with E-state index < -0.39 is 0 Å². The molecule has 0 radical (unpaired) electrons. The lowest BCUT2D eigenvalue weighted by Gasteiger charge is -1.95. The number of nitrogens with two attached hydrogens (primary N) is 1. The Kier molecular flexibility index (Phi) is 6.06. The van der Waals surface area contributed by atoms with Gasteiger partial charge in [0.1, 0.15) is 0 Å². The molecule has 2 nitrogen and oxygen atoms in total. The smallest absolute Gasteiger partial charge is 0.0211 e. The summed E-state index contributed by atoms with van der Waals surface area (Å²) >= 11 is 0. The Bertz CT molecular complexity index is 73.1. The normalized spacial score (nSPS) is 8.50. The van der Waals surface area contributed by atoms with E-state index in [1.807, 2.05) is 0 Å². The summed E-state index contributed by atoms with van der Waals surface area (Å²) < 4.78 is 0.